The SMILES string of the molecule is CCc1nc(CC(N)c2ccccc2)sc1CC. The Bertz CT molecular complexity index is 469. The number of nitrogens with zero attached hydrogens (tertiary/aromatic N) is 1. The monoisotopic (exact) mass is 260 g/mol. The van der Waals surface area contributed by atoms with Crippen molar-refractivity contribution in [1.29, 1.82) is 0 Å². The maximum Gasteiger partial charge on any atom is 0.0950 e. The summed E-state index contributed by atoms with van der Waals surface area (Å²) in [5, 5.41) is 1.17. The average Bonchev–Trinajstić information content (AvgIpc) is 2.81. The van der Waals surface area contributed by atoms with Gasteiger partial charge in [0.25, 0.3) is 0 Å². The maximum absolute atomic E-state index is 6.24. The molecule has 0 fully saturated rings. The van der Waals surface area contributed by atoms with Gasteiger partial charge >= 0.3 is 0 Å². The molecule has 0 aliphatic heterocycles. The van der Waals surface area contributed by atoms with Gasteiger partial charge in [0.05, 0.1) is 10.7 Å². The maximum atomic E-state index is 6.24. The lowest BCUT2D eigenvalue weighted by atomic mass is 10.1. The Kier molecular flexibility index (Phi) is 4.50. The Labute approximate surface area is 113 Å². The van der Waals surface area contributed by atoms with Gasteiger partial charge in [-0.3, -0.25) is 0 Å². The van der Waals surface area contributed by atoms with Crippen molar-refractivity contribution in [3.05, 3.63) is 51.5 Å². The highest BCUT2D eigenvalue weighted by Gasteiger charge is 2.12. The Morgan fingerprint density at radius 1 is 1.17 bits per heavy atom. The second-order valence-corrected chi connectivity index (χ2v) is 5.57. The number of rotatable bonds is 5. The van der Waals surface area contributed by atoms with Crippen molar-refractivity contribution in [3.8, 4) is 0 Å². The van der Waals surface area contributed by atoms with E-state index in [1.54, 1.807) is 0 Å². The minimum absolute atomic E-state index is 0.0479. The number of aromatic nitrogens is 1. The van der Waals surface area contributed by atoms with Gasteiger partial charge in [0.2, 0.25) is 0 Å². The fourth-order valence-electron chi connectivity index (χ4n) is 2.08. The van der Waals surface area contributed by atoms with Gasteiger partial charge in [-0.15, -0.1) is 11.3 Å². The zero-order chi connectivity index (χ0) is 13.0. The summed E-state index contributed by atoms with van der Waals surface area (Å²) in [5.74, 6) is 0. The van der Waals surface area contributed by atoms with Gasteiger partial charge in [-0.25, -0.2) is 4.98 Å². The number of aryl methyl sites for hydroxylation is 2. The lowest BCUT2D eigenvalue weighted by molar-refractivity contribution is 0.715. The van der Waals surface area contributed by atoms with E-state index in [9.17, 15) is 0 Å². The Morgan fingerprint density at radius 3 is 2.44 bits per heavy atom. The van der Waals surface area contributed by atoms with E-state index in [-0.39, 0.29) is 6.04 Å². The van der Waals surface area contributed by atoms with Crippen LogP contribution < -0.4 is 5.73 Å². The first-order chi connectivity index (χ1) is 8.74. The standard InChI is InChI=1S/C15H20N2S/c1-3-13-14(4-2)18-15(17-13)10-12(16)11-8-6-5-7-9-11/h5-9,12H,3-4,10,16H2,1-2H3. The van der Waals surface area contributed by atoms with E-state index in [1.807, 2.05) is 29.5 Å². The summed E-state index contributed by atoms with van der Waals surface area (Å²) in [6.45, 7) is 4.35. The summed E-state index contributed by atoms with van der Waals surface area (Å²) in [7, 11) is 0. The molecule has 18 heavy (non-hydrogen) atoms. The van der Waals surface area contributed by atoms with E-state index in [1.165, 1.54) is 21.1 Å². The third-order valence-corrected chi connectivity index (χ3v) is 4.37. The van der Waals surface area contributed by atoms with Gasteiger partial charge in [0.1, 0.15) is 0 Å². The van der Waals surface area contributed by atoms with Crippen molar-refractivity contribution in [3.63, 3.8) is 0 Å². The third-order valence-electron chi connectivity index (χ3n) is 3.10. The molecule has 2 rings (SSSR count). The highest BCUT2D eigenvalue weighted by molar-refractivity contribution is 7.11. The van der Waals surface area contributed by atoms with Crippen LogP contribution in [0.1, 0.15) is 41.0 Å². The minimum Gasteiger partial charge on any atom is -0.324 e. The highest BCUT2D eigenvalue weighted by atomic mass is 32.1. The van der Waals surface area contributed by atoms with Crippen LogP contribution in [0.15, 0.2) is 30.3 Å². The number of hydrogen-bond donors (Lipinski definition) is 1. The molecule has 1 aromatic carbocycles. The molecular weight excluding hydrogens is 240 g/mol. The molecule has 96 valence electrons. The molecule has 0 bridgehead atoms. The molecule has 0 saturated carbocycles. The quantitative estimate of drug-likeness (QED) is 0.893. The molecule has 0 radical (unpaired) electrons. The Morgan fingerprint density at radius 2 is 1.89 bits per heavy atom. The van der Waals surface area contributed by atoms with E-state index in [0.29, 0.717) is 0 Å². The van der Waals surface area contributed by atoms with Crippen LogP contribution in [0.3, 0.4) is 0 Å². The molecule has 2 aromatic rings. The van der Waals surface area contributed by atoms with Gasteiger partial charge < -0.3 is 5.73 Å². The Hall–Kier alpha value is -1.19. The van der Waals surface area contributed by atoms with Gasteiger partial charge in [0, 0.05) is 17.3 Å². The molecule has 0 spiro atoms. The van der Waals surface area contributed by atoms with Crippen LogP contribution in [0.2, 0.25) is 0 Å². The molecule has 1 aromatic heterocycles. The van der Waals surface area contributed by atoms with E-state index in [0.717, 1.165) is 19.3 Å². The van der Waals surface area contributed by atoms with Gasteiger partial charge in [-0.1, -0.05) is 44.2 Å². The van der Waals surface area contributed by atoms with Crippen molar-refractivity contribution in [2.24, 2.45) is 5.73 Å². The summed E-state index contributed by atoms with van der Waals surface area (Å²) >= 11 is 1.82. The molecule has 2 N–H and O–H groups in total. The van der Waals surface area contributed by atoms with Crippen LogP contribution in [0, 0.1) is 0 Å². The van der Waals surface area contributed by atoms with Crippen molar-refractivity contribution in [1.82, 2.24) is 4.98 Å². The summed E-state index contributed by atoms with van der Waals surface area (Å²) < 4.78 is 0. The molecule has 1 heterocycles. The first-order valence-corrected chi connectivity index (χ1v) is 7.34. The Balaban J connectivity index is 2.12. The summed E-state index contributed by atoms with van der Waals surface area (Å²) in [6, 6.07) is 10.3. The third kappa shape index (κ3) is 2.98. The molecule has 0 amide bonds. The highest BCUT2D eigenvalue weighted by Crippen LogP contribution is 2.24. The van der Waals surface area contributed by atoms with Gasteiger partial charge in [-0.2, -0.15) is 0 Å². The van der Waals surface area contributed by atoms with E-state index < -0.39 is 0 Å². The topological polar surface area (TPSA) is 38.9 Å². The zero-order valence-corrected chi connectivity index (χ0v) is 11.8. The van der Waals surface area contributed by atoms with Crippen LogP contribution in [0.25, 0.3) is 0 Å². The van der Waals surface area contributed by atoms with E-state index >= 15 is 0 Å². The largest absolute Gasteiger partial charge is 0.324 e. The number of nitrogens with two attached hydrogens (primary N) is 1. The normalized spacial score (nSPS) is 12.6. The predicted octanol–water partition coefficient (Wildman–Crippen LogP) is 3.51. The predicted molar refractivity (Wildman–Crippen MR) is 77.9 cm³/mol. The molecule has 1 atom stereocenters. The smallest absolute Gasteiger partial charge is 0.0950 e. The molecule has 1 unspecified atom stereocenters. The second-order valence-electron chi connectivity index (χ2n) is 4.41. The van der Waals surface area contributed by atoms with Crippen LogP contribution in [0.4, 0.5) is 0 Å². The van der Waals surface area contributed by atoms with E-state index in [2.05, 4.69) is 26.0 Å². The summed E-state index contributed by atoms with van der Waals surface area (Å²) in [6.07, 6.45) is 2.92. The van der Waals surface area contributed by atoms with Crippen molar-refractivity contribution in [2.75, 3.05) is 0 Å². The fourth-order valence-corrected chi connectivity index (χ4v) is 3.24. The average molecular weight is 260 g/mol. The van der Waals surface area contributed by atoms with Gasteiger partial charge in [0.15, 0.2) is 0 Å². The lowest BCUT2D eigenvalue weighted by Crippen LogP contribution is -2.13. The number of benzene rings is 1. The molecule has 2 nitrogen and oxygen atoms in total. The van der Waals surface area contributed by atoms with Crippen molar-refractivity contribution < 1.29 is 0 Å². The number of thiazole rings is 1. The zero-order valence-electron chi connectivity index (χ0n) is 11.0. The van der Waals surface area contributed by atoms with Crippen molar-refractivity contribution >= 4 is 11.3 Å². The van der Waals surface area contributed by atoms with Crippen LogP contribution in [-0.4, -0.2) is 4.98 Å². The van der Waals surface area contributed by atoms with Crippen molar-refractivity contribution in [2.45, 2.75) is 39.2 Å². The van der Waals surface area contributed by atoms with E-state index in [4.69, 9.17) is 10.7 Å². The molecule has 0 aliphatic carbocycles. The fraction of sp³-hybridized carbons (Fsp3) is 0.400. The van der Waals surface area contributed by atoms with Crippen LogP contribution in [0.5, 0.6) is 0 Å². The molecule has 0 saturated heterocycles. The number of hydrogen-bond acceptors (Lipinski definition) is 3. The molecule has 3 heteroatoms. The second kappa shape index (κ2) is 6.12. The van der Waals surface area contributed by atoms with Gasteiger partial charge in [-0.05, 0) is 18.4 Å². The minimum atomic E-state index is 0.0479. The first-order valence-electron chi connectivity index (χ1n) is 6.52. The van der Waals surface area contributed by atoms with Crippen LogP contribution >= 0.6 is 11.3 Å². The molecular formula is C15H20N2S. The summed E-state index contributed by atoms with van der Waals surface area (Å²) in [5.41, 5.74) is 8.67. The summed E-state index contributed by atoms with van der Waals surface area (Å²) in [4.78, 5) is 6.11. The first kappa shape index (κ1) is 13.2. The molecule has 0 aliphatic rings. The van der Waals surface area contributed by atoms with Crippen LogP contribution in [-0.2, 0) is 19.3 Å². The lowest BCUT2D eigenvalue weighted by Gasteiger charge is -2.09.